The van der Waals surface area contributed by atoms with Crippen molar-refractivity contribution in [2.24, 2.45) is 23.7 Å². The highest BCUT2D eigenvalue weighted by Crippen LogP contribution is 2.41. The third kappa shape index (κ3) is 12.0. The fraction of sp³-hybridized carbons (Fsp3) is 0.739. The maximum atomic E-state index is 15.2. The zero-order valence-corrected chi connectivity index (χ0v) is 33.5. The van der Waals surface area contributed by atoms with Gasteiger partial charge in [-0.3, -0.25) is 0 Å². The standard InChI is InChI=1S/C46H66F4O5/c1-3-5-7-9-31-27-52-45(53-28-31)35-15-11-33(12-16-35)37-23-41(47)39(42(48)24-37)19-21-51-22-20-40-43(49)25-38(26-44(40)50)34-13-17-36(18-14-34)46-54-29-32(30-55-46)10-8-6-4-2/h23-26,31-36,45-46H,3-22,27-30H2,1-2H3. The molecular weight excluding hydrogens is 708 g/mol. The molecule has 2 aromatic carbocycles. The van der Waals surface area contributed by atoms with Crippen molar-refractivity contribution >= 4 is 0 Å². The minimum absolute atomic E-state index is 0.0143. The summed E-state index contributed by atoms with van der Waals surface area (Å²) in [6, 6.07) is 5.88. The van der Waals surface area contributed by atoms with Crippen LogP contribution < -0.4 is 0 Å². The summed E-state index contributed by atoms with van der Waals surface area (Å²) in [4.78, 5) is 0. The zero-order chi connectivity index (χ0) is 38.6. The van der Waals surface area contributed by atoms with Crippen LogP contribution in [0.5, 0.6) is 0 Å². The molecule has 4 fully saturated rings. The van der Waals surface area contributed by atoms with Crippen LogP contribution in [0.2, 0.25) is 0 Å². The Hall–Kier alpha value is -2.04. The van der Waals surface area contributed by atoms with Crippen molar-refractivity contribution in [3.63, 3.8) is 0 Å². The van der Waals surface area contributed by atoms with Crippen LogP contribution in [0.3, 0.4) is 0 Å². The molecule has 4 aliphatic rings. The van der Waals surface area contributed by atoms with Gasteiger partial charge >= 0.3 is 0 Å². The van der Waals surface area contributed by atoms with Gasteiger partial charge in [0.2, 0.25) is 0 Å². The van der Waals surface area contributed by atoms with Gasteiger partial charge in [-0.05, 0) is 111 Å². The number of unbranched alkanes of at least 4 members (excludes halogenated alkanes) is 4. The van der Waals surface area contributed by atoms with Gasteiger partial charge in [0, 0.05) is 47.6 Å². The fourth-order valence-corrected chi connectivity index (χ4v) is 9.45. The maximum Gasteiger partial charge on any atom is 0.160 e. The molecule has 55 heavy (non-hydrogen) atoms. The minimum Gasteiger partial charge on any atom is -0.381 e. The Labute approximate surface area is 327 Å². The number of benzene rings is 2. The second-order valence-corrected chi connectivity index (χ2v) is 17.1. The summed E-state index contributed by atoms with van der Waals surface area (Å²) in [5, 5.41) is 0. The quantitative estimate of drug-likeness (QED) is 0.111. The third-order valence-corrected chi connectivity index (χ3v) is 13.0. The third-order valence-electron chi connectivity index (χ3n) is 13.0. The molecule has 0 radical (unpaired) electrons. The Kier molecular flexibility index (Phi) is 16.7. The smallest absolute Gasteiger partial charge is 0.160 e. The summed E-state index contributed by atoms with van der Waals surface area (Å²) in [6.45, 7) is 7.55. The zero-order valence-electron chi connectivity index (χ0n) is 33.5. The summed E-state index contributed by atoms with van der Waals surface area (Å²) in [7, 11) is 0. The second kappa shape index (κ2) is 21.6. The number of rotatable bonds is 18. The van der Waals surface area contributed by atoms with Crippen molar-refractivity contribution in [2.75, 3.05) is 39.6 Å². The first-order valence-corrected chi connectivity index (χ1v) is 21.8. The van der Waals surface area contributed by atoms with Crippen molar-refractivity contribution in [1.82, 2.24) is 0 Å². The Morgan fingerprint density at radius 1 is 0.509 bits per heavy atom. The highest BCUT2D eigenvalue weighted by Gasteiger charge is 2.35. The van der Waals surface area contributed by atoms with Crippen molar-refractivity contribution in [2.45, 2.75) is 154 Å². The van der Waals surface area contributed by atoms with E-state index >= 15 is 17.6 Å². The number of hydrogen-bond acceptors (Lipinski definition) is 5. The van der Waals surface area contributed by atoms with E-state index in [-0.39, 0.29) is 61.6 Å². The number of hydrogen-bond donors (Lipinski definition) is 0. The SMILES string of the molecule is CCCCCC1COC(C2CCC(c3cc(F)c(CCOCCc4c(F)cc(C5CCC(C6OCC(CCCCC)CO6)CC5)cc4F)c(F)c3)CC2)OC1. The lowest BCUT2D eigenvalue weighted by Crippen LogP contribution is -2.38. The molecule has 0 amide bonds. The Bertz CT molecular complexity index is 1290. The first kappa shape index (κ1) is 42.6. The Balaban J connectivity index is 0.887. The molecule has 6 rings (SSSR count). The number of halogens is 4. The molecule has 0 bridgehead atoms. The van der Waals surface area contributed by atoms with Crippen molar-refractivity contribution in [3.8, 4) is 0 Å². The summed E-state index contributed by atoms with van der Waals surface area (Å²) in [5.41, 5.74) is 1.36. The summed E-state index contributed by atoms with van der Waals surface area (Å²) in [6.07, 6.45) is 16.4. The molecular formula is C46H66F4O5. The van der Waals surface area contributed by atoms with Gasteiger partial charge < -0.3 is 23.7 Å². The lowest BCUT2D eigenvalue weighted by atomic mass is 9.78. The van der Waals surface area contributed by atoms with Gasteiger partial charge in [-0.25, -0.2) is 17.6 Å². The normalized spacial score (nSPS) is 29.1. The first-order valence-electron chi connectivity index (χ1n) is 21.8. The summed E-state index contributed by atoms with van der Waals surface area (Å²) < 4.78 is 90.8. The van der Waals surface area contributed by atoms with E-state index in [9.17, 15) is 0 Å². The molecule has 2 heterocycles. The lowest BCUT2D eigenvalue weighted by molar-refractivity contribution is -0.229. The van der Waals surface area contributed by atoms with Gasteiger partial charge in [0.25, 0.3) is 0 Å². The summed E-state index contributed by atoms with van der Waals surface area (Å²) in [5.74, 6) is -0.495. The van der Waals surface area contributed by atoms with Crippen LogP contribution in [-0.2, 0) is 36.5 Å². The van der Waals surface area contributed by atoms with Gasteiger partial charge in [-0.1, -0.05) is 52.4 Å². The molecule has 0 spiro atoms. The monoisotopic (exact) mass is 774 g/mol. The lowest BCUT2D eigenvalue weighted by Gasteiger charge is -2.37. The molecule has 2 saturated heterocycles. The molecule has 0 unspecified atom stereocenters. The Morgan fingerprint density at radius 2 is 0.855 bits per heavy atom. The molecule has 0 aromatic heterocycles. The van der Waals surface area contributed by atoms with Crippen LogP contribution in [0.15, 0.2) is 24.3 Å². The Morgan fingerprint density at radius 3 is 1.18 bits per heavy atom. The highest BCUT2D eigenvalue weighted by molar-refractivity contribution is 5.30. The second-order valence-electron chi connectivity index (χ2n) is 17.1. The van der Waals surface area contributed by atoms with E-state index in [1.807, 2.05) is 0 Å². The van der Waals surface area contributed by atoms with E-state index in [1.165, 1.54) is 62.8 Å². The van der Waals surface area contributed by atoms with E-state index in [2.05, 4.69) is 13.8 Å². The largest absolute Gasteiger partial charge is 0.381 e. The van der Waals surface area contributed by atoms with E-state index in [0.29, 0.717) is 34.8 Å². The van der Waals surface area contributed by atoms with Gasteiger partial charge in [0.05, 0.1) is 39.6 Å². The topological polar surface area (TPSA) is 46.2 Å². The van der Waals surface area contributed by atoms with Gasteiger partial charge in [-0.2, -0.15) is 0 Å². The molecule has 2 aliphatic heterocycles. The highest BCUT2D eigenvalue weighted by atomic mass is 19.1. The first-order chi connectivity index (χ1) is 26.8. The van der Waals surface area contributed by atoms with Crippen molar-refractivity contribution < 1.29 is 41.2 Å². The molecule has 2 saturated carbocycles. The average molecular weight is 775 g/mol. The molecule has 9 heteroatoms. The van der Waals surface area contributed by atoms with E-state index in [1.54, 1.807) is 0 Å². The molecule has 0 N–H and O–H groups in total. The van der Waals surface area contributed by atoms with E-state index in [0.717, 1.165) is 90.6 Å². The van der Waals surface area contributed by atoms with Crippen LogP contribution in [0.25, 0.3) is 0 Å². The van der Waals surface area contributed by atoms with Crippen LogP contribution in [0, 0.1) is 46.9 Å². The molecule has 308 valence electrons. The predicted molar refractivity (Wildman–Crippen MR) is 207 cm³/mol. The van der Waals surface area contributed by atoms with Gasteiger partial charge in [0.1, 0.15) is 23.3 Å². The van der Waals surface area contributed by atoms with Gasteiger partial charge in [0.15, 0.2) is 12.6 Å². The fourth-order valence-electron chi connectivity index (χ4n) is 9.45. The predicted octanol–water partition coefficient (Wildman–Crippen LogP) is 11.7. The van der Waals surface area contributed by atoms with Crippen molar-refractivity contribution in [3.05, 3.63) is 69.8 Å². The summed E-state index contributed by atoms with van der Waals surface area (Å²) >= 11 is 0. The van der Waals surface area contributed by atoms with E-state index < -0.39 is 23.3 Å². The molecule has 2 aromatic rings. The average Bonchev–Trinajstić information content (AvgIpc) is 3.20. The molecule has 5 nitrogen and oxygen atoms in total. The molecule has 2 aliphatic carbocycles. The van der Waals surface area contributed by atoms with Crippen molar-refractivity contribution in [1.29, 1.82) is 0 Å². The van der Waals surface area contributed by atoms with Gasteiger partial charge in [-0.15, -0.1) is 0 Å². The maximum absolute atomic E-state index is 15.2. The van der Waals surface area contributed by atoms with Crippen LogP contribution in [-0.4, -0.2) is 52.2 Å². The number of ether oxygens (including phenoxy) is 5. The molecule has 0 atom stereocenters. The van der Waals surface area contributed by atoms with Crippen LogP contribution in [0.4, 0.5) is 17.6 Å². The van der Waals surface area contributed by atoms with Crippen LogP contribution >= 0.6 is 0 Å². The van der Waals surface area contributed by atoms with E-state index in [4.69, 9.17) is 23.7 Å². The van der Waals surface area contributed by atoms with Crippen LogP contribution in [0.1, 0.15) is 151 Å². The minimum atomic E-state index is -0.569.